The molecule has 17 heavy (non-hydrogen) atoms. The van der Waals surface area contributed by atoms with Crippen molar-refractivity contribution in [2.24, 2.45) is 5.73 Å². The smallest absolute Gasteiger partial charge is 0.127 e. The predicted octanol–water partition coefficient (Wildman–Crippen LogP) is 4.17. The minimum atomic E-state index is -0.254. The van der Waals surface area contributed by atoms with Gasteiger partial charge in [0.1, 0.15) is 5.82 Å². The van der Waals surface area contributed by atoms with Crippen molar-refractivity contribution < 1.29 is 4.39 Å². The molecule has 0 aliphatic carbocycles. The molecule has 1 nitrogen and oxygen atoms in total. The van der Waals surface area contributed by atoms with Crippen LogP contribution in [0.5, 0.6) is 0 Å². The molecule has 0 bridgehead atoms. The second-order valence-corrected chi connectivity index (χ2v) is 5.25. The largest absolute Gasteiger partial charge is 0.323 e. The molecule has 2 rings (SSSR count). The zero-order chi connectivity index (χ0) is 12.3. The number of benzene rings is 1. The summed E-state index contributed by atoms with van der Waals surface area (Å²) >= 11 is 7.58. The zero-order valence-electron chi connectivity index (χ0n) is 9.20. The van der Waals surface area contributed by atoms with Crippen molar-refractivity contribution in [1.82, 2.24) is 0 Å². The van der Waals surface area contributed by atoms with E-state index in [1.54, 1.807) is 23.5 Å². The third-order valence-electron chi connectivity index (χ3n) is 2.68. The summed E-state index contributed by atoms with van der Waals surface area (Å²) in [5.41, 5.74) is 6.59. The van der Waals surface area contributed by atoms with Crippen molar-refractivity contribution in [2.45, 2.75) is 18.9 Å². The molecular formula is C13H13ClFNS. The molecule has 0 aliphatic heterocycles. The van der Waals surface area contributed by atoms with Crippen LogP contribution in [0.1, 0.15) is 22.9 Å². The molecule has 0 radical (unpaired) electrons. The van der Waals surface area contributed by atoms with E-state index in [2.05, 4.69) is 0 Å². The molecule has 0 saturated heterocycles. The number of thiophene rings is 1. The third-order valence-corrected chi connectivity index (χ3v) is 4.03. The van der Waals surface area contributed by atoms with Crippen LogP contribution in [0.15, 0.2) is 35.7 Å². The molecule has 1 unspecified atom stereocenters. The lowest BCUT2D eigenvalue weighted by molar-refractivity contribution is 0.589. The van der Waals surface area contributed by atoms with Crippen molar-refractivity contribution in [3.05, 3.63) is 57.0 Å². The number of halogens is 2. The number of nitrogens with two attached hydrogens (primary N) is 1. The van der Waals surface area contributed by atoms with Gasteiger partial charge < -0.3 is 5.73 Å². The van der Waals surface area contributed by atoms with E-state index in [0.29, 0.717) is 23.4 Å². The van der Waals surface area contributed by atoms with Gasteiger partial charge in [0, 0.05) is 21.5 Å². The molecule has 1 atom stereocenters. The molecule has 90 valence electrons. The second-order valence-electron chi connectivity index (χ2n) is 3.86. The zero-order valence-corrected chi connectivity index (χ0v) is 10.8. The Balaban J connectivity index is 2.03. The van der Waals surface area contributed by atoms with Gasteiger partial charge in [-0.05, 0) is 36.4 Å². The van der Waals surface area contributed by atoms with E-state index in [0.717, 1.165) is 4.88 Å². The van der Waals surface area contributed by atoms with Gasteiger partial charge in [0.25, 0.3) is 0 Å². The van der Waals surface area contributed by atoms with Gasteiger partial charge in [-0.2, -0.15) is 0 Å². The minimum absolute atomic E-state index is 0.0503. The highest BCUT2D eigenvalue weighted by Crippen LogP contribution is 2.25. The van der Waals surface area contributed by atoms with E-state index in [4.69, 9.17) is 17.3 Å². The number of rotatable bonds is 4. The Morgan fingerprint density at radius 3 is 2.76 bits per heavy atom. The molecule has 0 amide bonds. The van der Waals surface area contributed by atoms with Crippen LogP contribution in [0.3, 0.4) is 0 Å². The first kappa shape index (κ1) is 12.6. The Kier molecular flexibility index (Phi) is 4.15. The molecule has 0 aliphatic rings. The van der Waals surface area contributed by atoms with E-state index in [1.807, 2.05) is 17.5 Å². The van der Waals surface area contributed by atoms with Gasteiger partial charge in [0.15, 0.2) is 0 Å². The fourth-order valence-electron chi connectivity index (χ4n) is 1.72. The maximum atomic E-state index is 13.5. The molecular weight excluding hydrogens is 257 g/mol. The summed E-state index contributed by atoms with van der Waals surface area (Å²) in [6, 6.07) is 8.66. The Labute approximate surface area is 109 Å². The normalized spacial score (nSPS) is 12.6. The Morgan fingerprint density at radius 1 is 1.29 bits per heavy atom. The molecule has 2 aromatic rings. The van der Waals surface area contributed by atoms with Gasteiger partial charge in [-0.15, -0.1) is 11.3 Å². The highest BCUT2D eigenvalue weighted by molar-refractivity contribution is 7.10. The standard InChI is InChI=1S/C13H13ClFNS/c14-10-3-1-4-11(15)9(10)6-7-12(16)13-5-2-8-17-13/h1-5,8,12H,6-7,16H2. The second kappa shape index (κ2) is 5.63. The summed E-state index contributed by atoms with van der Waals surface area (Å²) < 4.78 is 13.5. The summed E-state index contributed by atoms with van der Waals surface area (Å²) in [4.78, 5) is 1.12. The first-order valence-corrected chi connectivity index (χ1v) is 6.66. The van der Waals surface area contributed by atoms with Crippen molar-refractivity contribution in [3.8, 4) is 0 Å². The van der Waals surface area contributed by atoms with Gasteiger partial charge >= 0.3 is 0 Å². The Hall–Kier alpha value is -0.900. The summed E-state index contributed by atoms with van der Waals surface area (Å²) in [7, 11) is 0. The molecule has 0 fully saturated rings. The van der Waals surface area contributed by atoms with Crippen LogP contribution in [-0.2, 0) is 6.42 Å². The lowest BCUT2D eigenvalue weighted by Crippen LogP contribution is -2.10. The maximum absolute atomic E-state index is 13.5. The molecule has 1 heterocycles. The molecule has 4 heteroatoms. The first-order valence-electron chi connectivity index (χ1n) is 5.40. The van der Waals surface area contributed by atoms with E-state index in [-0.39, 0.29) is 11.9 Å². The number of hydrogen-bond acceptors (Lipinski definition) is 2. The van der Waals surface area contributed by atoms with Gasteiger partial charge in [-0.25, -0.2) is 4.39 Å². The van der Waals surface area contributed by atoms with E-state index >= 15 is 0 Å². The third kappa shape index (κ3) is 3.06. The van der Waals surface area contributed by atoms with Crippen LogP contribution in [0.25, 0.3) is 0 Å². The van der Waals surface area contributed by atoms with Crippen LogP contribution in [0.4, 0.5) is 4.39 Å². The average Bonchev–Trinajstić information content (AvgIpc) is 2.81. The van der Waals surface area contributed by atoms with Crippen molar-refractivity contribution in [1.29, 1.82) is 0 Å². The maximum Gasteiger partial charge on any atom is 0.127 e. The summed E-state index contributed by atoms with van der Waals surface area (Å²) in [5, 5.41) is 2.47. The van der Waals surface area contributed by atoms with Crippen molar-refractivity contribution in [2.75, 3.05) is 0 Å². The summed E-state index contributed by atoms with van der Waals surface area (Å²) in [5.74, 6) is -0.254. The van der Waals surface area contributed by atoms with Gasteiger partial charge in [0.2, 0.25) is 0 Å². The Bertz CT molecular complexity index is 464. The molecule has 1 aromatic heterocycles. The fourth-order valence-corrected chi connectivity index (χ4v) is 2.74. The average molecular weight is 270 g/mol. The Morgan fingerprint density at radius 2 is 2.12 bits per heavy atom. The summed E-state index contributed by atoms with van der Waals surface area (Å²) in [6.45, 7) is 0. The highest BCUT2D eigenvalue weighted by atomic mass is 35.5. The SMILES string of the molecule is NC(CCc1c(F)cccc1Cl)c1cccs1. The topological polar surface area (TPSA) is 26.0 Å². The van der Waals surface area contributed by atoms with Crippen LogP contribution in [0.2, 0.25) is 5.02 Å². The first-order chi connectivity index (χ1) is 8.18. The fraction of sp³-hybridized carbons (Fsp3) is 0.231. The molecule has 1 aromatic carbocycles. The predicted molar refractivity (Wildman–Crippen MR) is 71.0 cm³/mol. The molecule has 2 N–H and O–H groups in total. The van der Waals surface area contributed by atoms with E-state index < -0.39 is 0 Å². The van der Waals surface area contributed by atoms with Crippen LogP contribution >= 0.6 is 22.9 Å². The lowest BCUT2D eigenvalue weighted by atomic mass is 10.0. The van der Waals surface area contributed by atoms with Gasteiger partial charge in [0.05, 0.1) is 0 Å². The number of hydrogen-bond donors (Lipinski definition) is 1. The quantitative estimate of drug-likeness (QED) is 0.886. The summed E-state index contributed by atoms with van der Waals surface area (Å²) in [6.07, 6.45) is 1.26. The van der Waals surface area contributed by atoms with E-state index in [9.17, 15) is 4.39 Å². The van der Waals surface area contributed by atoms with Crippen molar-refractivity contribution >= 4 is 22.9 Å². The monoisotopic (exact) mass is 269 g/mol. The molecule has 0 spiro atoms. The molecule has 0 saturated carbocycles. The minimum Gasteiger partial charge on any atom is -0.323 e. The lowest BCUT2D eigenvalue weighted by Gasteiger charge is -2.10. The van der Waals surface area contributed by atoms with Crippen LogP contribution in [0, 0.1) is 5.82 Å². The van der Waals surface area contributed by atoms with Gasteiger partial charge in [-0.1, -0.05) is 23.7 Å². The van der Waals surface area contributed by atoms with Gasteiger partial charge in [-0.3, -0.25) is 0 Å². The van der Waals surface area contributed by atoms with Crippen molar-refractivity contribution in [3.63, 3.8) is 0 Å². The van der Waals surface area contributed by atoms with Crippen LogP contribution < -0.4 is 5.73 Å². The van der Waals surface area contributed by atoms with Crippen LogP contribution in [-0.4, -0.2) is 0 Å². The van der Waals surface area contributed by atoms with E-state index in [1.165, 1.54) is 6.07 Å². The highest BCUT2D eigenvalue weighted by Gasteiger charge is 2.11.